The number of esters is 2. The van der Waals surface area contributed by atoms with Gasteiger partial charge in [0.25, 0.3) is 17.4 Å². The third-order valence-corrected chi connectivity index (χ3v) is 16.1. The molecule has 22 nitrogen and oxygen atoms in total. The zero-order valence-electron chi connectivity index (χ0n) is 49.0. The summed E-state index contributed by atoms with van der Waals surface area (Å²) < 4.78 is 61.9. The lowest BCUT2D eigenvalue weighted by Gasteiger charge is -2.35. The van der Waals surface area contributed by atoms with Gasteiger partial charge in [-0.25, -0.2) is 23.4 Å². The minimum atomic E-state index is -3.72. The van der Waals surface area contributed by atoms with Gasteiger partial charge in [0.2, 0.25) is 29.2 Å². The summed E-state index contributed by atoms with van der Waals surface area (Å²) >= 11 is 1.27. The summed E-state index contributed by atoms with van der Waals surface area (Å²) in [6.07, 6.45) is 0.315. The third kappa shape index (κ3) is 18.0. The van der Waals surface area contributed by atoms with Crippen LogP contribution >= 0.6 is 11.8 Å². The average molecular weight is 1220 g/mol. The number of hydrogen-bond acceptors (Lipinski definition) is 16. The molecule has 0 saturated heterocycles. The number of ether oxygens (including phenoxy) is 3. The fraction of sp³-hybridized carbons (Fsp3) is 0.525. The predicted octanol–water partition coefficient (Wildman–Crippen LogP) is 5.40. The summed E-state index contributed by atoms with van der Waals surface area (Å²) in [4.78, 5) is 125. The van der Waals surface area contributed by atoms with E-state index < -0.39 is 131 Å². The second-order valence-electron chi connectivity index (χ2n) is 22.3. The van der Waals surface area contributed by atoms with Crippen LogP contribution in [0.15, 0.2) is 59.4 Å². The Kier molecular flexibility index (Phi) is 23.2. The SMILES string of the molecule is CCc1c2c(nc3ccc(O)cc13)-c1cc3c(c(=O)n1C2)COC(=O)[C@@]3(CC)OC(=O)CCC(F)(F)CNC(=O)[C@H](CC(C)C)NC(=O)CNC(=O)[C@H](CSCc1ccccc1)NC(=O)[C@@H](NC(=O)CCCCCNC(=O)OC(C)(C)C)S(C)=O. The normalized spacial score (nSPS) is 15.9. The van der Waals surface area contributed by atoms with Gasteiger partial charge in [0.1, 0.15) is 30.0 Å². The largest absolute Gasteiger partial charge is 0.508 e. The van der Waals surface area contributed by atoms with Crippen LogP contribution in [-0.4, -0.2) is 127 Å². The molecule has 0 fully saturated rings. The number of aryl methyl sites for hydroxylation is 1. The van der Waals surface area contributed by atoms with E-state index in [4.69, 9.17) is 19.2 Å². The Hall–Kier alpha value is -7.48. The van der Waals surface area contributed by atoms with Crippen molar-refractivity contribution >= 4 is 81.0 Å². The van der Waals surface area contributed by atoms with Gasteiger partial charge in [-0.05, 0) is 94.2 Å². The number of phenols is 1. The van der Waals surface area contributed by atoms with Gasteiger partial charge in [-0.3, -0.25) is 37.8 Å². The minimum absolute atomic E-state index is 0.0170. The number of phenolic OH excluding ortho intramolecular Hbond substituents is 1. The molecule has 2 aromatic carbocycles. The van der Waals surface area contributed by atoms with Crippen LogP contribution in [0, 0.1) is 5.92 Å². The van der Waals surface area contributed by atoms with Gasteiger partial charge in [0.15, 0.2) is 5.37 Å². The average Bonchev–Trinajstić information content (AvgIpc) is 1.72. The molecule has 6 rings (SSSR count). The second-order valence-corrected chi connectivity index (χ2v) is 24.8. The number of benzene rings is 2. The van der Waals surface area contributed by atoms with Crippen LogP contribution < -0.4 is 37.5 Å². The van der Waals surface area contributed by atoms with Gasteiger partial charge >= 0.3 is 18.0 Å². The van der Waals surface area contributed by atoms with Gasteiger partial charge in [-0.2, -0.15) is 11.8 Å². The van der Waals surface area contributed by atoms with E-state index in [9.17, 15) is 52.5 Å². The fourth-order valence-corrected chi connectivity index (χ4v) is 11.5. The van der Waals surface area contributed by atoms with E-state index >= 15 is 8.78 Å². The zero-order chi connectivity index (χ0) is 62.4. The number of alkyl halides is 2. The molecule has 0 bridgehead atoms. The van der Waals surface area contributed by atoms with E-state index in [1.54, 1.807) is 52.8 Å². The molecule has 2 aliphatic heterocycles. The van der Waals surface area contributed by atoms with Crippen LogP contribution in [0.25, 0.3) is 22.3 Å². The lowest BCUT2D eigenvalue weighted by Crippen LogP contribution is -2.57. The first-order chi connectivity index (χ1) is 40.1. The Morgan fingerprint density at radius 1 is 0.871 bits per heavy atom. The topological polar surface area (TPSA) is 309 Å². The standard InChI is InChI=1S/C59H76F2N8O14S2/c1-9-37-38-26-36(70)20-21-42(38)66-49-39(37)29-69-45(49)27-41-40(54(69)77)30-81-55(78)59(41,10-2)82-48(73)22-23-58(60,61)33-64-50(74)43(25-34(3)4)65-47(72)28-63-51(75)44(32-84-31-35-17-13-11-14-18-35)67-52(76)53(85(8)80)68-46(71)19-15-12-16-24-62-56(79)83-57(5,6)7/h11,13-14,17-18,20-21,26-27,34,43-44,53,70H,9-10,12,15-16,19,22-25,28-33H2,1-8H3,(H,62,79)(H,63,75)(H,64,74)(H,65,72)(H,67,76)(H,68,71)/t43-,44-,53-,59-,85?/m0/s1. The van der Waals surface area contributed by atoms with Gasteiger partial charge in [0.05, 0.1) is 59.3 Å². The molecule has 1 unspecified atom stereocenters. The number of cyclic esters (lactones) is 1. The summed E-state index contributed by atoms with van der Waals surface area (Å²) in [7, 11) is -1.95. The first-order valence-corrected chi connectivity index (χ1v) is 31.0. The first-order valence-electron chi connectivity index (χ1n) is 28.2. The highest BCUT2D eigenvalue weighted by Gasteiger charge is 2.51. The Morgan fingerprint density at radius 2 is 1.59 bits per heavy atom. The maximum absolute atomic E-state index is 15.6. The number of thioether (sulfide) groups is 1. The molecule has 0 aliphatic carbocycles. The van der Waals surface area contributed by atoms with Crippen molar-refractivity contribution in [1.82, 2.24) is 41.5 Å². The number of unbranched alkanes of at least 4 members (excludes halogenated alkanes) is 2. The molecule has 2 aromatic heterocycles. The van der Waals surface area contributed by atoms with E-state index in [-0.39, 0.29) is 54.4 Å². The third-order valence-electron chi connectivity index (χ3n) is 14.0. The number of nitrogens with zero attached hydrogens (tertiary/aromatic N) is 2. The number of fused-ring (bicyclic) bond motifs is 5. The number of alkyl carbamates (subject to hydrolysis) is 1. The quantitative estimate of drug-likeness (QED) is 0.0179. The fourth-order valence-electron chi connectivity index (χ4n) is 9.82. The second kappa shape index (κ2) is 29.6. The molecule has 0 saturated carbocycles. The summed E-state index contributed by atoms with van der Waals surface area (Å²) in [5.41, 5.74) is 0.619. The highest BCUT2D eigenvalue weighted by Crippen LogP contribution is 2.43. The van der Waals surface area contributed by atoms with Crippen LogP contribution in [-0.2, 0) is 89.5 Å². The molecule has 462 valence electrons. The van der Waals surface area contributed by atoms with Gasteiger partial charge in [0, 0.05) is 53.7 Å². The number of amides is 6. The molecule has 0 spiro atoms. The highest BCUT2D eigenvalue weighted by molar-refractivity contribution is 7.98. The Morgan fingerprint density at radius 3 is 2.26 bits per heavy atom. The van der Waals surface area contributed by atoms with Crippen molar-refractivity contribution in [2.75, 3.05) is 31.6 Å². The molecule has 5 atom stereocenters. The number of aromatic nitrogens is 2. The lowest BCUT2D eigenvalue weighted by atomic mass is 9.85. The summed E-state index contributed by atoms with van der Waals surface area (Å²) in [5.74, 6) is -9.96. The summed E-state index contributed by atoms with van der Waals surface area (Å²) in [6, 6.07) is 12.8. The maximum atomic E-state index is 15.6. The number of pyridine rings is 2. The van der Waals surface area contributed by atoms with Crippen molar-refractivity contribution in [3.63, 3.8) is 0 Å². The van der Waals surface area contributed by atoms with E-state index in [1.807, 2.05) is 37.3 Å². The van der Waals surface area contributed by atoms with Crippen LogP contribution in [0.3, 0.4) is 0 Å². The van der Waals surface area contributed by atoms with E-state index in [0.717, 1.165) is 16.7 Å². The smallest absolute Gasteiger partial charge is 0.407 e. The number of nitrogens with one attached hydrogen (secondary N) is 6. The number of aromatic hydroxyl groups is 1. The van der Waals surface area contributed by atoms with Crippen LogP contribution in [0.4, 0.5) is 13.6 Å². The van der Waals surface area contributed by atoms with Crippen LogP contribution in [0.2, 0.25) is 0 Å². The van der Waals surface area contributed by atoms with Crippen LogP contribution in [0.5, 0.6) is 5.75 Å². The van der Waals surface area contributed by atoms with E-state index in [2.05, 4.69) is 31.9 Å². The monoisotopic (exact) mass is 1220 g/mol. The Balaban J connectivity index is 1.03. The van der Waals surface area contributed by atoms with Crippen LogP contribution in [0.1, 0.15) is 128 Å². The molecule has 2 aliphatic rings. The Bertz CT molecular complexity index is 3230. The zero-order valence-corrected chi connectivity index (χ0v) is 50.7. The number of carbonyl (C=O) groups is 8. The number of halogens is 2. The molecule has 4 aromatic rings. The molecule has 4 heterocycles. The Labute approximate surface area is 498 Å². The molecule has 7 N–H and O–H groups in total. The molecule has 0 radical (unpaired) electrons. The maximum Gasteiger partial charge on any atom is 0.407 e. The van der Waals surface area contributed by atoms with Crippen molar-refractivity contribution in [1.29, 1.82) is 0 Å². The van der Waals surface area contributed by atoms with Crippen molar-refractivity contribution in [2.24, 2.45) is 5.92 Å². The van der Waals surface area contributed by atoms with E-state index in [1.165, 1.54) is 35.6 Å². The molecular weight excluding hydrogens is 1150 g/mol. The van der Waals surface area contributed by atoms with Gasteiger partial charge in [-0.1, -0.05) is 64.4 Å². The summed E-state index contributed by atoms with van der Waals surface area (Å²) in [6.45, 7) is 10.2. The number of hydrogen-bond donors (Lipinski definition) is 7. The molecule has 26 heteroatoms. The molecule has 6 amide bonds. The predicted molar refractivity (Wildman–Crippen MR) is 314 cm³/mol. The van der Waals surface area contributed by atoms with E-state index in [0.29, 0.717) is 60.3 Å². The van der Waals surface area contributed by atoms with Crippen molar-refractivity contribution in [3.8, 4) is 17.1 Å². The van der Waals surface area contributed by atoms with Crippen molar-refractivity contribution in [3.05, 3.63) is 92.8 Å². The molecule has 85 heavy (non-hydrogen) atoms. The van der Waals surface area contributed by atoms with Gasteiger partial charge < -0.3 is 55.8 Å². The highest BCUT2D eigenvalue weighted by atomic mass is 32.2. The summed E-state index contributed by atoms with van der Waals surface area (Å²) in [5, 5.41) is 24.1. The minimum Gasteiger partial charge on any atom is -0.508 e. The lowest BCUT2D eigenvalue weighted by molar-refractivity contribution is -0.190. The van der Waals surface area contributed by atoms with Crippen molar-refractivity contribution in [2.45, 2.75) is 160 Å². The van der Waals surface area contributed by atoms with Crippen molar-refractivity contribution < 1.29 is 70.7 Å². The van der Waals surface area contributed by atoms with Gasteiger partial charge in [-0.15, -0.1) is 0 Å². The molecular formula is C59H76F2N8O14S2. The number of carbonyl (C=O) groups excluding carboxylic acids is 8. The number of rotatable bonds is 29. The first kappa shape index (κ1) is 66.7.